The zero-order valence-corrected chi connectivity index (χ0v) is 20.8. The highest BCUT2D eigenvalue weighted by Gasteiger charge is 2.34. The molecule has 182 valence electrons. The summed E-state index contributed by atoms with van der Waals surface area (Å²) < 4.78 is 19.5. The highest BCUT2D eigenvalue weighted by Crippen LogP contribution is 2.37. The van der Waals surface area contributed by atoms with Crippen molar-refractivity contribution < 1.29 is 23.8 Å². The van der Waals surface area contributed by atoms with Gasteiger partial charge >= 0.3 is 5.97 Å². The summed E-state index contributed by atoms with van der Waals surface area (Å²) >= 11 is 0. The fourth-order valence-electron chi connectivity index (χ4n) is 4.74. The number of carbonyl (C=O) groups is 2. The van der Waals surface area contributed by atoms with Crippen molar-refractivity contribution in [3.8, 4) is 0 Å². The first-order valence-electron chi connectivity index (χ1n) is 12.0. The van der Waals surface area contributed by atoms with Crippen LogP contribution in [0.15, 0.2) is 23.3 Å². The van der Waals surface area contributed by atoms with Gasteiger partial charge in [0.15, 0.2) is 6.10 Å². The maximum atomic E-state index is 14.5. The molecule has 0 saturated carbocycles. The molecule has 0 bridgehead atoms. The fraction of sp³-hybridized carbons (Fsp3) is 0.444. The predicted molar refractivity (Wildman–Crippen MR) is 131 cm³/mol. The van der Waals surface area contributed by atoms with E-state index in [0.717, 1.165) is 41.3 Å². The van der Waals surface area contributed by atoms with E-state index in [1.54, 1.807) is 31.0 Å². The number of ether oxygens (including phenoxy) is 1. The molecule has 0 saturated heterocycles. The van der Waals surface area contributed by atoms with Gasteiger partial charge < -0.3 is 14.7 Å². The molecule has 3 heterocycles. The molecule has 1 unspecified atom stereocenters. The number of halogens is 1. The molecule has 7 heteroatoms. The summed E-state index contributed by atoms with van der Waals surface area (Å²) in [6.07, 6.45) is 4.29. The van der Waals surface area contributed by atoms with Gasteiger partial charge in [-0.15, -0.1) is 0 Å². The number of amides is 1. The molecule has 0 spiro atoms. The summed E-state index contributed by atoms with van der Waals surface area (Å²) in [7, 11) is 1.68. The van der Waals surface area contributed by atoms with Gasteiger partial charge in [0.05, 0.1) is 16.8 Å². The normalized spacial score (nSPS) is 19.9. The summed E-state index contributed by atoms with van der Waals surface area (Å²) in [6.45, 7) is 9.95. The van der Waals surface area contributed by atoms with Crippen LogP contribution in [-0.4, -0.2) is 46.6 Å². The Bertz CT molecular complexity index is 1200. The molecule has 3 aliphatic rings. The Morgan fingerprint density at radius 3 is 2.47 bits per heavy atom. The molecule has 2 aromatic rings. The number of cyclic esters (lactones) is 1. The summed E-state index contributed by atoms with van der Waals surface area (Å²) in [6, 6.07) is 1.47. The van der Waals surface area contributed by atoms with E-state index < -0.39 is 12.1 Å². The maximum Gasteiger partial charge on any atom is 0.340 e. The Balaban J connectivity index is 0.000000771. The molecule has 0 fully saturated rings. The summed E-state index contributed by atoms with van der Waals surface area (Å²) in [5.74, 6) is -1.35. The second kappa shape index (κ2) is 10.5. The van der Waals surface area contributed by atoms with Crippen molar-refractivity contribution in [1.82, 2.24) is 9.88 Å². The van der Waals surface area contributed by atoms with E-state index in [1.165, 1.54) is 6.07 Å². The van der Waals surface area contributed by atoms with Gasteiger partial charge in [-0.2, -0.15) is 0 Å². The van der Waals surface area contributed by atoms with E-state index in [4.69, 9.17) is 9.72 Å². The Hall–Kier alpha value is -3.06. The first kappa shape index (κ1) is 25.6. The average Bonchev–Trinajstić information content (AvgIpc) is 2.91. The van der Waals surface area contributed by atoms with Crippen molar-refractivity contribution in [2.45, 2.75) is 66.5 Å². The first-order valence-corrected chi connectivity index (χ1v) is 12.0. The number of rotatable bonds is 0. The van der Waals surface area contributed by atoms with Crippen LogP contribution >= 0.6 is 0 Å². The summed E-state index contributed by atoms with van der Waals surface area (Å²) in [5, 5.41) is 11.3. The number of hydrogen-bond donors (Lipinski definition) is 1. The van der Waals surface area contributed by atoms with Gasteiger partial charge in [-0.3, -0.25) is 4.79 Å². The van der Waals surface area contributed by atoms with Gasteiger partial charge in [-0.25, -0.2) is 14.2 Å². The SMILES string of the molecule is CC.CC.Cc1c(F)cc2nc3c(c4c2c1CCC4)CN(C)C(=O)C1=C(/C=C/3)C(O)C(=O)OC1. The molecule has 6 nitrogen and oxygen atoms in total. The van der Waals surface area contributed by atoms with E-state index in [0.29, 0.717) is 23.3 Å². The highest BCUT2D eigenvalue weighted by atomic mass is 19.1. The first-order chi connectivity index (χ1) is 16.4. The van der Waals surface area contributed by atoms with Crippen molar-refractivity contribution in [3.05, 3.63) is 57.1 Å². The largest absolute Gasteiger partial charge is 0.458 e. The van der Waals surface area contributed by atoms with Gasteiger partial charge in [0.2, 0.25) is 0 Å². The lowest BCUT2D eigenvalue weighted by molar-refractivity contribution is -0.152. The topological polar surface area (TPSA) is 79.7 Å². The molecule has 2 aliphatic heterocycles. The number of aliphatic hydroxyl groups is 1. The minimum absolute atomic E-state index is 0.175. The molecule has 1 aromatic heterocycles. The van der Waals surface area contributed by atoms with Crippen LogP contribution in [0.3, 0.4) is 0 Å². The number of nitrogens with zero attached hydrogens (tertiary/aromatic N) is 2. The fourth-order valence-corrected chi connectivity index (χ4v) is 4.74. The number of aryl methyl sites for hydroxylation is 2. The van der Waals surface area contributed by atoms with Gasteiger partial charge in [0.1, 0.15) is 12.4 Å². The number of esters is 1. The van der Waals surface area contributed by atoms with Crippen LogP contribution in [-0.2, 0) is 33.7 Å². The second-order valence-corrected chi connectivity index (χ2v) is 8.10. The zero-order valence-electron chi connectivity index (χ0n) is 20.8. The third kappa shape index (κ3) is 4.25. The third-order valence-electron chi connectivity index (χ3n) is 6.35. The average molecular weight is 469 g/mol. The number of benzene rings is 1. The van der Waals surface area contributed by atoms with Crippen LogP contribution in [0, 0.1) is 12.7 Å². The summed E-state index contributed by atoms with van der Waals surface area (Å²) in [5.41, 5.74) is 5.36. The Morgan fingerprint density at radius 1 is 1.09 bits per heavy atom. The van der Waals surface area contributed by atoms with E-state index in [9.17, 15) is 19.1 Å². The van der Waals surface area contributed by atoms with Gasteiger partial charge in [-0.1, -0.05) is 33.8 Å². The van der Waals surface area contributed by atoms with Crippen LogP contribution in [0.4, 0.5) is 4.39 Å². The zero-order chi connectivity index (χ0) is 25.2. The number of aromatic nitrogens is 1. The predicted octanol–water partition coefficient (Wildman–Crippen LogP) is 4.42. The molecular formula is C27H33FN2O4. The van der Waals surface area contributed by atoms with E-state index in [2.05, 4.69) is 0 Å². The lowest BCUT2D eigenvalue weighted by atomic mass is 9.84. The molecule has 1 N–H and O–H groups in total. The number of likely N-dealkylation sites (N-methyl/N-ethyl adjacent to an activating group) is 1. The van der Waals surface area contributed by atoms with Gasteiger partial charge in [0.25, 0.3) is 5.91 Å². The molecule has 5 rings (SSSR count). The van der Waals surface area contributed by atoms with Crippen LogP contribution in [0.25, 0.3) is 17.0 Å². The van der Waals surface area contributed by atoms with Crippen molar-refractivity contribution >= 4 is 28.9 Å². The molecule has 34 heavy (non-hydrogen) atoms. The minimum atomic E-state index is -1.52. The number of carbonyl (C=O) groups excluding carboxylic acids is 2. The third-order valence-corrected chi connectivity index (χ3v) is 6.35. The molecule has 1 atom stereocenters. The minimum Gasteiger partial charge on any atom is -0.458 e. The maximum absolute atomic E-state index is 14.5. The van der Waals surface area contributed by atoms with E-state index in [1.807, 2.05) is 27.7 Å². The van der Waals surface area contributed by atoms with Crippen molar-refractivity contribution in [2.75, 3.05) is 13.7 Å². The number of aliphatic hydroxyl groups excluding tert-OH is 1. The van der Waals surface area contributed by atoms with Gasteiger partial charge in [-0.05, 0) is 49.0 Å². The number of fused-ring (bicyclic) bond motifs is 2. The molecular weight excluding hydrogens is 435 g/mol. The second-order valence-electron chi connectivity index (χ2n) is 8.10. The van der Waals surface area contributed by atoms with Crippen LogP contribution in [0.5, 0.6) is 0 Å². The Kier molecular flexibility index (Phi) is 7.87. The highest BCUT2D eigenvalue weighted by molar-refractivity contribution is 5.99. The Morgan fingerprint density at radius 2 is 1.76 bits per heavy atom. The number of hydrogen-bond acceptors (Lipinski definition) is 5. The quantitative estimate of drug-likeness (QED) is 0.579. The van der Waals surface area contributed by atoms with Crippen LogP contribution in [0.1, 0.15) is 62.1 Å². The van der Waals surface area contributed by atoms with Crippen molar-refractivity contribution in [3.63, 3.8) is 0 Å². The molecule has 1 aliphatic carbocycles. The molecule has 1 amide bonds. The van der Waals surface area contributed by atoms with Crippen molar-refractivity contribution in [1.29, 1.82) is 0 Å². The van der Waals surface area contributed by atoms with E-state index in [-0.39, 0.29) is 29.5 Å². The van der Waals surface area contributed by atoms with Crippen molar-refractivity contribution in [2.24, 2.45) is 0 Å². The van der Waals surface area contributed by atoms with Gasteiger partial charge in [0, 0.05) is 36.2 Å². The Labute approximate surface area is 200 Å². The number of pyridine rings is 1. The smallest absolute Gasteiger partial charge is 0.340 e. The lowest BCUT2D eigenvalue weighted by Gasteiger charge is -2.27. The molecule has 0 radical (unpaired) electrons. The standard InChI is InChI=1S/C23H21FN2O4.2C2H6/c1-11-12-4-3-5-13-15-9-26(2)22(28)16-10-30-23(29)21(27)14(16)6-7-18(15)25-19(20(12)13)8-17(11)24;2*1-2/h6-8,21,27H,3-5,9-10H2,1-2H3;2*1-2H3/b7-6+;;. The summed E-state index contributed by atoms with van der Waals surface area (Å²) in [4.78, 5) is 31.2. The van der Waals surface area contributed by atoms with Crippen LogP contribution in [0.2, 0.25) is 0 Å². The molecule has 1 aromatic carbocycles. The van der Waals surface area contributed by atoms with E-state index >= 15 is 0 Å². The van der Waals surface area contributed by atoms with Crippen LogP contribution < -0.4 is 0 Å². The monoisotopic (exact) mass is 468 g/mol. The lowest BCUT2D eigenvalue weighted by Crippen LogP contribution is -2.38.